The average Bonchev–Trinajstić information content (AvgIpc) is 2.54. The number of aryl methyl sites for hydroxylation is 1. The summed E-state index contributed by atoms with van der Waals surface area (Å²) in [7, 11) is -3.65. The van der Waals surface area contributed by atoms with E-state index in [0.717, 1.165) is 25.9 Å². The number of carbonyl (C=O) groups is 1. The van der Waals surface area contributed by atoms with E-state index >= 15 is 0 Å². The molecule has 1 aliphatic heterocycles. The van der Waals surface area contributed by atoms with Crippen LogP contribution in [0.3, 0.4) is 0 Å². The van der Waals surface area contributed by atoms with Gasteiger partial charge in [0.25, 0.3) is 0 Å². The third-order valence-corrected chi connectivity index (χ3v) is 5.52. The molecule has 1 saturated heterocycles. The first-order chi connectivity index (χ1) is 10.9. The van der Waals surface area contributed by atoms with Crippen LogP contribution in [-0.4, -0.2) is 40.6 Å². The summed E-state index contributed by atoms with van der Waals surface area (Å²) < 4.78 is 32.7. The molecular weight excluding hydrogens is 316 g/mol. The number of ether oxygens (including phenoxy) is 1. The molecule has 6 nitrogen and oxygen atoms in total. The van der Waals surface area contributed by atoms with Crippen molar-refractivity contribution in [2.45, 2.75) is 31.6 Å². The van der Waals surface area contributed by atoms with Gasteiger partial charge in [0.05, 0.1) is 17.1 Å². The maximum atomic E-state index is 12.5. The monoisotopic (exact) mass is 340 g/mol. The highest BCUT2D eigenvalue weighted by atomic mass is 32.2. The summed E-state index contributed by atoms with van der Waals surface area (Å²) >= 11 is 0. The van der Waals surface area contributed by atoms with Crippen LogP contribution in [0.5, 0.6) is 0 Å². The van der Waals surface area contributed by atoms with Crippen LogP contribution in [0.1, 0.15) is 35.7 Å². The highest BCUT2D eigenvalue weighted by Crippen LogP contribution is 2.18. The van der Waals surface area contributed by atoms with Crippen LogP contribution in [0.2, 0.25) is 0 Å². The van der Waals surface area contributed by atoms with Crippen molar-refractivity contribution in [1.29, 1.82) is 0 Å². The summed E-state index contributed by atoms with van der Waals surface area (Å²) in [6.07, 6.45) is 2.07. The van der Waals surface area contributed by atoms with Crippen LogP contribution in [0, 0.1) is 12.8 Å². The van der Waals surface area contributed by atoms with E-state index in [2.05, 4.69) is 10.0 Å². The van der Waals surface area contributed by atoms with Crippen LogP contribution >= 0.6 is 0 Å². The lowest BCUT2D eigenvalue weighted by molar-refractivity contribution is 0.0526. The molecule has 1 atom stereocenters. The lowest BCUT2D eigenvalue weighted by Crippen LogP contribution is -2.38. The molecule has 0 saturated carbocycles. The van der Waals surface area contributed by atoms with Crippen LogP contribution in [-0.2, 0) is 14.8 Å². The summed E-state index contributed by atoms with van der Waals surface area (Å²) in [5.41, 5.74) is 0.851. The number of benzene rings is 1. The van der Waals surface area contributed by atoms with Gasteiger partial charge in [0.2, 0.25) is 10.0 Å². The molecule has 1 aliphatic rings. The first-order valence-electron chi connectivity index (χ1n) is 7.92. The Balaban J connectivity index is 2.14. The normalized spacial score (nSPS) is 18.6. The summed E-state index contributed by atoms with van der Waals surface area (Å²) in [5, 5.41) is 3.26. The first kappa shape index (κ1) is 17.9. The third kappa shape index (κ3) is 4.76. The zero-order valence-corrected chi connectivity index (χ0v) is 14.4. The van der Waals surface area contributed by atoms with E-state index in [-0.39, 0.29) is 17.1 Å². The second-order valence-corrected chi connectivity index (χ2v) is 7.50. The molecule has 1 aromatic carbocycles. The Kier molecular flexibility index (Phi) is 6.15. The van der Waals surface area contributed by atoms with Crippen LogP contribution < -0.4 is 10.0 Å². The predicted molar refractivity (Wildman–Crippen MR) is 87.9 cm³/mol. The molecule has 128 valence electrons. The Hall–Kier alpha value is -1.44. The molecule has 1 unspecified atom stereocenters. The van der Waals surface area contributed by atoms with Gasteiger partial charge in [0.15, 0.2) is 0 Å². The number of hydrogen-bond acceptors (Lipinski definition) is 5. The first-order valence-corrected chi connectivity index (χ1v) is 9.40. The zero-order chi connectivity index (χ0) is 16.9. The molecule has 0 radical (unpaired) electrons. The number of sulfonamides is 1. The fraction of sp³-hybridized carbons (Fsp3) is 0.562. The maximum Gasteiger partial charge on any atom is 0.338 e. The molecule has 23 heavy (non-hydrogen) atoms. The average molecular weight is 340 g/mol. The van der Waals surface area contributed by atoms with E-state index in [1.165, 1.54) is 6.07 Å². The van der Waals surface area contributed by atoms with Crippen molar-refractivity contribution in [3.05, 3.63) is 29.3 Å². The van der Waals surface area contributed by atoms with Crippen molar-refractivity contribution in [2.24, 2.45) is 5.92 Å². The minimum Gasteiger partial charge on any atom is -0.462 e. The largest absolute Gasteiger partial charge is 0.462 e. The minimum absolute atomic E-state index is 0.131. The molecule has 0 spiro atoms. The van der Waals surface area contributed by atoms with Crippen molar-refractivity contribution < 1.29 is 17.9 Å². The number of esters is 1. The molecule has 0 bridgehead atoms. The molecule has 0 amide bonds. The molecule has 1 fully saturated rings. The molecule has 7 heteroatoms. The van der Waals surface area contributed by atoms with Gasteiger partial charge in [-0.15, -0.1) is 0 Å². The minimum atomic E-state index is -3.65. The van der Waals surface area contributed by atoms with Gasteiger partial charge in [-0.05, 0) is 63.4 Å². The van der Waals surface area contributed by atoms with Crippen LogP contribution in [0.25, 0.3) is 0 Å². The number of piperidine rings is 1. The number of hydrogen-bond donors (Lipinski definition) is 2. The standard InChI is InChI=1S/C16H24N2O4S/c1-3-22-16(19)14-7-6-12(2)15(9-14)23(20,21)18-11-13-5-4-8-17-10-13/h6-7,9,13,17-18H,3-5,8,10-11H2,1-2H3. The molecule has 2 N–H and O–H groups in total. The Labute approximate surface area is 137 Å². The van der Waals surface area contributed by atoms with Gasteiger partial charge in [0.1, 0.15) is 0 Å². The topological polar surface area (TPSA) is 84.5 Å². The summed E-state index contributed by atoms with van der Waals surface area (Å²) in [5.74, 6) is -0.215. The highest BCUT2D eigenvalue weighted by Gasteiger charge is 2.21. The van der Waals surface area contributed by atoms with Gasteiger partial charge in [-0.1, -0.05) is 6.07 Å². The molecule has 1 heterocycles. The van der Waals surface area contributed by atoms with Gasteiger partial charge in [0, 0.05) is 6.54 Å². The number of nitrogens with one attached hydrogen (secondary N) is 2. The van der Waals surface area contributed by atoms with Crippen molar-refractivity contribution >= 4 is 16.0 Å². The molecule has 0 aromatic heterocycles. The van der Waals surface area contributed by atoms with Gasteiger partial charge >= 0.3 is 5.97 Å². The third-order valence-electron chi connectivity index (χ3n) is 3.95. The SMILES string of the molecule is CCOC(=O)c1ccc(C)c(S(=O)(=O)NCC2CCCNC2)c1. The molecule has 1 aromatic rings. The summed E-state index contributed by atoms with van der Waals surface area (Å²) in [6, 6.07) is 4.59. The fourth-order valence-electron chi connectivity index (χ4n) is 2.63. The van der Waals surface area contributed by atoms with E-state index in [0.29, 0.717) is 18.0 Å². The van der Waals surface area contributed by atoms with E-state index in [4.69, 9.17) is 4.74 Å². The van der Waals surface area contributed by atoms with Crippen LogP contribution in [0.4, 0.5) is 0 Å². The van der Waals surface area contributed by atoms with Crippen molar-refractivity contribution in [3.63, 3.8) is 0 Å². The van der Waals surface area contributed by atoms with E-state index < -0.39 is 16.0 Å². The summed E-state index contributed by atoms with van der Waals surface area (Å²) in [6.45, 7) is 5.89. The zero-order valence-electron chi connectivity index (χ0n) is 13.6. The second kappa shape index (κ2) is 7.90. The van der Waals surface area contributed by atoms with E-state index in [1.54, 1.807) is 26.0 Å². The second-order valence-electron chi connectivity index (χ2n) is 5.77. The number of rotatable bonds is 6. The van der Waals surface area contributed by atoms with Crippen molar-refractivity contribution in [1.82, 2.24) is 10.0 Å². The van der Waals surface area contributed by atoms with Crippen molar-refractivity contribution in [2.75, 3.05) is 26.2 Å². The number of carbonyl (C=O) groups excluding carboxylic acids is 1. The Morgan fingerprint density at radius 2 is 2.22 bits per heavy atom. The van der Waals surface area contributed by atoms with Gasteiger partial charge < -0.3 is 10.1 Å². The smallest absolute Gasteiger partial charge is 0.338 e. The Bertz CT molecular complexity index is 652. The van der Waals surface area contributed by atoms with E-state index in [1.807, 2.05) is 0 Å². The van der Waals surface area contributed by atoms with Gasteiger partial charge in [-0.2, -0.15) is 0 Å². The van der Waals surface area contributed by atoms with Gasteiger partial charge in [-0.25, -0.2) is 17.9 Å². The molecule has 0 aliphatic carbocycles. The summed E-state index contributed by atoms with van der Waals surface area (Å²) in [4.78, 5) is 11.9. The lowest BCUT2D eigenvalue weighted by atomic mass is 10.0. The fourth-order valence-corrected chi connectivity index (χ4v) is 4.02. The molecule has 2 rings (SSSR count). The van der Waals surface area contributed by atoms with E-state index in [9.17, 15) is 13.2 Å². The maximum absolute atomic E-state index is 12.5. The van der Waals surface area contributed by atoms with Gasteiger partial charge in [-0.3, -0.25) is 0 Å². The Morgan fingerprint density at radius 1 is 1.43 bits per heavy atom. The Morgan fingerprint density at radius 3 is 2.87 bits per heavy atom. The quantitative estimate of drug-likeness (QED) is 0.766. The predicted octanol–water partition coefficient (Wildman–Crippen LogP) is 1.45. The lowest BCUT2D eigenvalue weighted by Gasteiger charge is -2.23. The highest BCUT2D eigenvalue weighted by molar-refractivity contribution is 7.89. The molecular formula is C16H24N2O4S. The van der Waals surface area contributed by atoms with Crippen LogP contribution in [0.15, 0.2) is 23.1 Å². The van der Waals surface area contributed by atoms with Crippen molar-refractivity contribution in [3.8, 4) is 0 Å².